The number of allylic oxidation sites excluding steroid dienone is 1. The molecule has 0 aliphatic heterocycles. The summed E-state index contributed by atoms with van der Waals surface area (Å²) < 4.78 is 27.5. The Morgan fingerprint density at radius 1 is 1.13 bits per heavy atom. The van der Waals surface area contributed by atoms with Crippen molar-refractivity contribution in [2.75, 3.05) is 6.61 Å². The third-order valence-corrected chi connectivity index (χ3v) is 6.28. The Labute approximate surface area is 229 Å². The molecule has 0 saturated carbocycles. The summed E-state index contributed by atoms with van der Waals surface area (Å²) in [5, 5.41) is 5.03. The summed E-state index contributed by atoms with van der Waals surface area (Å²) in [5.74, 6) is 1.38. The number of hydrogen-bond acceptors (Lipinski definition) is 5. The van der Waals surface area contributed by atoms with E-state index in [4.69, 9.17) is 14.5 Å². The molecule has 196 valence electrons. The van der Waals surface area contributed by atoms with Crippen molar-refractivity contribution in [3.8, 4) is 11.5 Å². The maximum absolute atomic E-state index is 13.4. The fourth-order valence-electron chi connectivity index (χ4n) is 4.00. The molecule has 0 unspecified atom stereocenters. The smallest absolute Gasteiger partial charge is 0.282 e. The predicted octanol–water partition coefficient (Wildman–Crippen LogP) is 7.01. The van der Waals surface area contributed by atoms with E-state index in [1.165, 1.54) is 16.8 Å². The Morgan fingerprint density at radius 2 is 1.89 bits per heavy atom. The first kappa shape index (κ1) is 27.3. The lowest BCUT2D eigenvalue weighted by Gasteiger charge is -2.17. The van der Waals surface area contributed by atoms with Gasteiger partial charge in [0.1, 0.15) is 18.2 Å². The van der Waals surface area contributed by atoms with Crippen molar-refractivity contribution in [1.82, 2.24) is 9.66 Å². The quantitative estimate of drug-likeness (QED) is 0.150. The van der Waals surface area contributed by atoms with E-state index in [0.29, 0.717) is 41.3 Å². The second kappa shape index (κ2) is 12.2. The third kappa shape index (κ3) is 6.19. The second-order valence-electron chi connectivity index (χ2n) is 9.00. The normalized spacial score (nSPS) is 11.4. The Morgan fingerprint density at radius 3 is 2.58 bits per heavy atom. The second-order valence-corrected chi connectivity index (χ2v) is 9.91. The number of nitrogens with zero attached hydrogens (tertiary/aromatic N) is 3. The van der Waals surface area contributed by atoms with Gasteiger partial charge in [0.05, 0.1) is 23.7 Å². The van der Waals surface area contributed by atoms with E-state index in [0.717, 1.165) is 21.2 Å². The van der Waals surface area contributed by atoms with Crippen LogP contribution in [0.4, 0.5) is 4.39 Å². The van der Waals surface area contributed by atoms with Crippen LogP contribution in [0.1, 0.15) is 49.2 Å². The van der Waals surface area contributed by atoms with Gasteiger partial charge >= 0.3 is 0 Å². The fourth-order valence-corrected chi connectivity index (χ4v) is 4.36. The monoisotopic (exact) mass is 577 g/mol. The fraction of sp³-hybridized carbons (Fsp3) is 0.233. The predicted molar refractivity (Wildman–Crippen MR) is 153 cm³/mol. The largest absolute Gasteiger partial charge is 0.490 e. The van der Waals surface area contributed by atoms with Crippen molar-refractivity contribution in [2.45, 2.75) is 39.7 Å². The van der Waals surface area contributed by atoms with Crippen molar-refractivity contribution in [1.29, 1.82) is 0 Å². The summed E-state index contributed by atoms with van der Waals surface area (Å²) in [5.41, 5.74) is 2.80. The van der Waals surface area contributed by atoms with E-state index >= 15 is 0 Å². The molecule has 0 N–H and O–H groups in total. The van der Waals surface area contributed by atoms with Crippen LogP contribution in [-0.2, 0) is 13.0 Å². The Bertz CT molecular complexity index is 1550. The maximum Gasteiger partial charge on any atom is 0.282 e. The van der Waals surface area contributed by atoms with E-state index in [1.807, 2.05) is 45.0 Å². The zero-order valence-electron chi connectivity index (χ0n) is 21.6. The lowest BCUT2D eigenvalue weighted by molar-refractivity contribution is 0.267. The molecule has 0 aliphatic carbocycles. The Balaban J connectivity index is 1.75. The minimum atomic E-state index is -0.297. The van der Waals surface area contributed by atoms with Crippen molar-refractivity contribution in [2.24, 2.45) is 5.10 Å². The summed E-state index contributed by atoms with van der Waals surface area (Å²) in [6.45, 7) is 10.4. The van der Waals surface area contributed by atoms with Crippen LogP contribution < -0.4 is 15.0 Å². The summed E-state index contributed by atoms with van der Waals surface area (Å²) in [4.78, 5) is 18.1. The molecule has 0 atom stereocenters. The molecule has 1 heterocycles. The van der Waals surface area contributed by atoms with E-state index in [1.54, 1.807) is 30.5 Å². The molecule has 0 fully saturated rings. The first-order valence-corrected chi connectivity index (χ1v) is 13.1. The van der Waals surface area contributed by atoms with E-state index in [2.05, 4.69) is 27.6 Å². The molecular weight excluding hydrogens is 549 g/mol. The van der Waals surface area contributed by atoms with Gasteiger partial charge in [-0.15, -0.1) is 6.58 Å². The van der Waals surface area contributed by atoms with Gasteiger partial charge in [0, 0.05) is 16.0 Å². The highest BCUT2D eigenvalue weighted by molar-refractivity contribution is 9.10. The van der Waals surface area contributed by atoms with Gasteiger partial charge in [-0.05, 0) is 66.9 Å². The Hall–Kier alpha value is -3.78. The summed E-state index contributed by atoms with van der Waals surface area (Å²) >= 11 is 3.43. The van der Waals surface area contributed by atoms with E-state index in [9.17, 15) is 9.18 Å². The van der Waals surface area contributed by atoms with Gasteiger partial charge < -0.3 is 9.47 Å². The van der Waals surface area contributed by atoms with Gasteiger partial charge in [0.2, 0.25) is 0 Å². The third-order valence-electron chi connectivity index (χ3n) is 5.79. The molecule has 38 heavy (non-hydrogen) atoms. The molecule has 0 radical (unpaired) electrons. The molecule has 1 aromatic heterocycles. The average molecular weight is 578 g/mol. The minimum Gasteiger partial charge on any atom is -0.490 e. The van der Waals surface area contributed by atoms with Gasteiger partial charge in [0.25, 0.3) is 5.56 Å². The number of benzene rings is 3. The average Bonchev–Trinajstić information content (AvgIpc) is 2.89. The van der Waals surface area contributed by atoms with Crippen molar-refractivity contribution >= 4 is 33.0 Å². The topological polar surface area (TPSA) is 65.7 Å². The highest BCUT2D eigenvalue weighted by atomic mass is 79.9. The first-order chi connectivity index (χ1) is 18.3. The van der Waals surface area contributed by atoms with Crippen LogP contribution in [-0.4, -0.2) is 22.5 Å². The number of aromatic nitrogens is 2. The molecule has 4 aromatic rings. The first-order valence-electron chi connectivity index (χ1n) is 12.3. The van der Waals surface area contributed by atoms with E-state index < -0.39 is 0 Å². The lowest BCUT2D eigenvalue weighted by Crippen LogP contribution is -2.23. The molecule has 0 spiro atoms. The molecule has 8 heteroatoms. The van der Waals surface area contributed by atoms with Crippen molar-refractivity contribution < 1.29 is 13.9 Å². The molecule has 6 nitrogen and oxygen atoms in total. The molecule has 0 saturated heterocycles. The number of fused-ring (bicyclic) bond motifs is 1. The number of halogens is 2. The molecule has 0 aliphatic rings. The van der Waals surface area contributed by atoms with E-state index in [-0.39, 0.29) is 23.9 Å². The molecule has 4 rings (SSSR count). The van der Waals surface area contributed by atoms with Gasteiger partial charge in [-0.1, -0.05) is 48.0 Å². The highest BCUT2D eigenvalue weighted by Gasteiger charge is 2.16. The lowest BCUT2D eigenvalue weighted by atomic mass is 10.1. The summed E-state index contributed by atoms with van der Waals surface area (Å²) in [7, 11) is 0. The number of rotatable bonds is 10. The molecular formula is C30H29BrFN3O3. The van der Waals surface area contributed by atoms with Gasteiger partial charge in [-0.25, -0.2) is 9.37 Å². The Kier molecular flexibility index (Phi) is 8.73. The van der Waals surface area contributed by atoms with Gasteiger partial charge in [0.15, 0.2) is 11.5 Å². The zero-order valence-corrected chi connectivity index (χ0v) is 23.2. The van der Waals surface area contributed by atoms with Gasteiger partial charge in [-0.2, -0.15) is 9.78 Å². The van der Waals surface area contributed by atoms with Crippen molar-refractivity contribution in [3.05, 3.63) is 110 Å². The van der Waals surface area contributed by atoms with Gasteiger partial charge in [-0.3, -0.25) is 4.79 Å². The van der Waals surface area contributed by atoms with Crippen LogP contribution in [0.5, 0.6) is 11.5 Å². The standard InChI is InChI=1S/C30H29BrFN3O3/c1-5-7-22-14-21(15-27(37-6-2)28(22)38-18-20-8-11-24(32)12-9-20)17-33-35-29(19(3)4)34-26-13-10-23(31)16-25(26)30(35)36/h5,8-17,19H,1,6-7,18H2,2-4H3. The van der Waals surface area contributed by atoms with Crippen LogP contribution in [0.25, 0.3) is 10.9 Å². The van der Waals surface area contributed by atoms with Crippen LogP contribution in [0.15, 0.2) is 81.6 Å². The summed E-state index contributed by atoms with van der Waals surface area (Å²) in [6, 6.07) is 15.4. The molecule has 0 amide bonds. The van der Waals surface area contributed by atoms with Crippen LogP contribution >= 0.6 is 15.9 Å². The highest BCUT2D eigenvalue weighted by Crippen LogP contribution is 2.34. The van der Waals surface area contributed by atoms with Crippen LogP contribution in [0.2, 0.25) is 0 Å². The zero-order chi connectivity index (χ0) is 27.2. The molecule has 3 aromatic carbocycles. The SMILES string of the molecule is C=CCc1cc(C=Nn2c(C(C)C)nc3ccc(Br)cc3c2=O)cc(OCC)c1OCc1ccc(F)cc1. The number of ether oxygens (including phenoxy) is 2. The molecule has 0 bridgehead atoms. The number of hydrogen-bond donors (Lipinski definition) is 0. The van der Waals surface area contributed by atoms with Crippen LogP contribution in [0.3, 0.4) is 0 Å². The maximum atomic E-state index is 13.4. The summed E-state index contributed by atoms with van der Waals surface area (Å²) in [6.07, 6.45) is 3.93. The van der Waals surface area contributed by atoms with Crippen LogP contribution in [0, 0.1) is 5.82 Å². The minimum absolute atomic E-state index is 0.0227. The van der Waals surface area contributed by atoms with Crippen molar-refractivity contribution in [3.63, 3.8) is 0 Å².